The number of benzene rings is 2. The van der Waals surface area contributed by atoms with Gasteiger partial charge < -0.3 is 5.32 Å². The summed E-state index contributed by atoms with van der Waals surface area (Å²) in [5, 5.41) is 2.76. The van der Waals surface area contributed by atoms with Crippen molar-refractivity contribution in [3.63, 3.8) is 0 Å². The first-order valence-corrected chi connectivity index (χ1v) is 11.2. The van der Waals surface area contributed by atoms with Gasteiger partial charge in [0.05, 0.1) is 23.0 Å². The summed E-state index contributed by atoms with van der Waals surface area (Å²) in [6.45, 7) is 1.90. The van der Waals surface area contributed by atoms with Crippen LogP contribution < -0.4 is 10.0 Å². The van der Waals surface area contributed by atoms with Crippen molar-refractivity contribution in [1.29, 1.82) is 0 Å². The molecular weight excluding hydrogens is 431 g/mol. The lowest BCUT2D eigenvalue weighted by Gasteiger charge is -2.20. The second kappa shape index (κ2) is 9.09. The molecule has 1 heterocycles. The third-order valence-corrected chi connectivity index (χ3v) is 6.20. The van der Waals surface area contributed by atoms with E-state index in [0.29, 0.717) is 24.0 Å². The molecule has 0 spiro atoms. The van der Waals surface area contributed by atoms with Gasteiger partial charge in [0.1, 0.15) is 5.84 Å². The van der Waals surface area contributed by atoms with Crippen LogP contribution in [0.2, 0.25) is 0 Å². The lowest BCUT2D eigenvalue weighted by atomic mass is 9.99. The molecule has 31 heavy (non-hydrogen) atoms. The third kappa shape index (κ3) is 5.43. The second-order valence-electron chi connectivity index (χ2n) is 7.11. The Bertz CT molecular complexity index is 1100. The van der Waals surface area contributed by atoms with Crippen molar-refractivity contribution in [1.82, 2.24) is 10.0 Å². The molecule has 0 saturated heterocycles. The number of carbonyl (C=O) groups is 1. The van der Waals surface area contributed by atoms with Gasteiger partial charge in [0.2, 0.25) is 5.91 Å². The topological polar surface area (TPSA) is 87.6 Å². The van der Waals surface area contributed by atoms with Gasteiger partial charge in [-0.25, -0.2) is 8.42 Å². The van der Waals surface area contributed by atoms with Crippen LogP contribution in [0.4, 0.5) is 13.2 Å². The fourth-order valence-electron chi connectivity index (χ4n) is 3.33. The van der Waals surface area contributed by atoms with Gasteiger partial charge in [-0.15, -0.1) is 0 Å². The molecule has 1 unspecified atom stereocenters. The summed E-state index contributed by atoms with van der Waals surface area (Å²) in [5.74, 6) is -0.208. The number of carbonyl (C=O) groups excluding carboxylic acids is 1. The minimum atomic E-state index is -4.46. The molecule has 166 valence electrons. The predicted octanol–water partition coefficient (Wildman–Crippen LogP) is 3.79. The van der Waals surface area contributed by atoms with Crippen molar-refractivity contribution in [2.45, 2.75) is 43.3 Å². The number of fused-ring (bicyclic) bond motifs is 1. The number of amides is 1. The molecule has 1 aliphatic heterocycles. The smallest absolute Gasteiger partial charge is 0.349 e. The number of aliphatic imine (C=N–C) groups is 1. The summed E-state index contributed by atoms with van der Waals surface area (Å²) < 4.78 is 65.5. The Balaban J connectivity index is 1.66. The van der Waals surface area contributed by atoms with Gasteiger partial charge in [0.25, 0.3) is 10.0 Å². The molecule has 0 aliphatic carbocycles. The average molecular weight is 453 g/mol. The summed E-state index contributed by atoms with van der Waals surface area (Å²) in [7, 11) is -3.66. The van der Waals surface area contributed by atoms with E-state index in [0.717, 1.165) is 12.1 Å². The zero-order valence-corrected chi connectivity index (χ0v) is 17.6. The Hall–Kier alpha value is -2.88. The van der Waals surface area contributed by atoms with E-state index in [-0.39, 0.29) is 29.6 Å². The molecule has 1 aliphatic rings. The first-order valence-electron chi connectivity index (χ1n) is 9.75. The summed E-state index contributed by atoms with van der Waals surface area (Å²) in [6.07, 6.45) is -3.35. The van der Waals surface area contributed by atoms with Crippen LogP contribution >= 0.6 is 0 Å². The number of nitrogens with zero attached hydrogens (tertiary/aromatic N) is 1. The summed E-state index contributed by atoms with van der Waals surface area (Å²) in [6, 6.07) is 10.7. The maximum atomic E-state index is 13.0. The molecule has 2 aromatic carbocycles. The standard InChI is InChI=1S/C21H22F3N3O3S/c1-2-6-17(14-7-5-8-15(13-14)21(22,23)24)26-19(28)11-12-25-20-16-9-3-4-10-18(16)31(29,30)27-20/h3-5,7-10,13,17H,2,6,11-12H2,1H3,(H,25,27)(H,26,28). The molecule has 10 heteroatoms. The van der Waals surface area contributed by atoms with E-state index in [2.05, 4.69) is 15.0 Å². The van der Waals surface area contributed by atoms with Crippen LogP contribution in [-0.2, 0) is 21.0 Å². The van der Waals surface area contributed by atoms with E-state index in [9.17, 15) is 26.4 Å². The van der Waals surface area contributed by atoms with Gasteiger partial charge in [-0.05, 0) is 36.2 Å². The molecule has 2 N–H and O–H groups in total. The van der Waals surface area contributed by atoms with Crippen LogP contribution in [0.15, 0.2) is 58.4 Å². The number of nitrogens with one attached hydrogen (secondary N) is 2. The molecule has 3 rings (SSSR count). The van der Waals surface area contributed by atoms with Crippen LogP contribution in [0.5, 0.6) is 0 Å². The highest BCUT2D eigenvalue weighted by Gasteiger charge is 2.31. The van der Waals surface area contributed by atoms with Crippen molar-refractivity contribution >= 4 is 21.8 Å². The van der Waals surface area contributed by atoms with Gasteiger partial charge >= 0.3 is 6.18 Å². The monoisotopic (exact) mass is 453 g/mol. The number of alkyl halides is 3. The third-order valence-electron chi connectivity index (χ3n) is 4.80. The summed E-state index contributed by atoms with van der Waals surface area (Å²) >= 11 is 0. The normalized spacial score (nSPS) is 17.1. The lowest BCUT2D eigenvalue weighted by Crippen LogP contribution is -2.29. The van der Waals surface area contributed by atoms with Crippen LogP contribution in [0.1, 0.15) is 48.9 Å². The lowest BCUT2D eigenvalue weighted by molar-refractivity contribution is -0.137. The van der Waals surface area contributed by atoms with Crippen molar-refractivity contribution in [2.75, 3.05) is 6.54 Å². The Morgan fingerprint density at radius 3 is 2.61 bits per heavy atom. The van der Waals surface area contributed by atoms with Crippen molar-refractivity contribution in [2.24, 2.45) is 4.99 Å². The Morgan fingerprint density at radius 2 is 1.90 bits per heavy atom. The van der Waals surface area contributed by atoms with E-state index in [1.54, 1.807) is 24.3 Å². The maximum Gasteiger partial charge on any atom is 0.416 e. The number of amidine groups is 1. The summed E-state index contributed by atoms with van der Waals surface area (Å²) in [4.78, 5) is 16.7. The SMILES string of the molecule is CCCC(NC(=O)CCN=C1NS(=O)(=O)c2ccccc21)c1cccc(C(F)(F)F)c1. The quantitative estimate of drug-likeness (QED) is 0.669. The number of halogens is 3. The van der Waals surface area contributed by atoms with Crippen LogP contribution in [0, 0.1) is 0 Å². The Labute approximate surface area is 178 Å². The molecular formula is C21H22F3N3O3S. The molecule has 2 aromatic rings. The fraction of sp³-hybridized carbons (Fsp3) is 0.333. The van der Waals surface area contributed by atoms with Gasteiger partial charge in [-0.2, -0.15) is 13.2 Å². The van der Waals surface area contributed by atoms with Crippen molar-refractivity contribution in [3.8, 4) is 0 Å². The van der Waals surface area contributed by atoms with Crippen LogP contribution in [0.25, 0.3) is 0 Å². The zero-order chi connectivity index (χ0) is 22.6. The number of hydrogen-bond donors (Lipinski definition) is 2. The van der Waals surface area contributed by atoms with Crippen molar-refractivity contribution in [3.05, 3.63) is 65.2 Å². The molecule has 0 radical (unpaired) electrons. The number of sulfonamides is 1. The van der Waals surface area contributed by atoms with Gasteiger partial charge in [0.15, 0.2) is 0 Å². The molecule has 1 amide bonds. The highest BCUT2D eigenvalue weighted by atomic mass is 32.2. The van der Waals surface area contributed by atoms with E-state index < -0.39 is 27.8 Å². The van der Waals surface area contributed by atoms with E-state index in [4.69, 9.17) is 0 Å². The molecule has 0 fully saturated rings. The minimum absolute atomic E-state index is 0.0272. The van der Waals surface area contributed by atoms with Crippen LogP contribution in [0.3, 0.4) is 0 Å². The largest absolute Gasteiger partial charge is 0.416 e. The molecule has 0 saturated carbocycles. The Morgan fingerprint density at radius 1 is 1.16 bits per heavy atom. The van der Waals surface area contributed by atoms with E-state index in [1.165, 1.54) is 12.1 Å². The van der Waals surface area contributed by atoms with E-state index >= 15 is 0 Å². The Kier molecular flexibility index (Phi) is 6.68. The molecule has 0 aromatic heterocycles. The molecule has 1 atom stereocenters. The van der Waals surface area contributed by atoms with E-state index in [1.807, 2.05) is 6.92 Å². The maximum absolute atomic E-state index is 13.0. The zero-order valence-electron chi connectivity index (χ0n) is 16.7. The molecule has 0 bridgehead atoms. The summed E-state index contributed by atoms with van der Waals surface area (Å²) in [5.41, 5.74) is 0.0588. The number of hydrogen-bond acceptors (Lipinski definition) is 4. The average Bonchev–Trinajstić information content (AvgIpc) is 2.98. The van der Waals surface area contributed by atoms with Gasteiger partial charge in [-0.3, -0.25) is 14.5 Å². The van der Waals surface area contributed by atoms with Crippen LogP contribution in [-0.4, -0.2) is 26.7 Å². The highest BCUT2D eigenvalue weighted by Crippen LogP contribution is 2.31. The highest BCUT2D eigenvalue weighted by molar-refractivity contribution is 7.90. The van der Waals surface area contributed by atoms with Gasteiger partial charge in [0, 0.05) is 12.0 Å². The first-order chi connectivity index (χ1) is 14.6. The number of rotatable bonds is 7. The predicted molar refractivity (Wildman–Crippen MR) is 110 cm³/mol. The second-order valence-corrected chi connectivity index (χ2v) is 8.76. The molecule has 6 nitrogen and oxygen atoms in total. The van der Waals surface area contributed by atoms with Gasteiger partial charge in [-0.1, -0.05) is 37.6 Å². The fourth-order valence-corrected chi connectivity index (χ4v) is 4.58. The minimum Gasteiger partial charge on any atom is -0.349 e. The van der Waals surface area contributed by atoms with Crippen molar-refractivity contribution < 1.29 is 26.4 Å². The first kappa shape index (κ1) is 22.8.